The molecule has 0 amide bonds. The van der Waals surface area contributed by atoms with E-state index in [9.17, 15) is 9.59 Å². The number of carbonyl (C=O) groups is 2. The highest BCUT2D eigenvalue weighted by molar-refractivity contribution is 5.87. The smallest absolute Gasteiger partial charge is 0.333 e. The summed E-state index contributed by atoms with van der Waals surface area (Å²) in [6.45, 7) is 16.8. The lowest BCUT2D eigenvalue weighted by Crippen LogP contribution is -2.30. The Hall–Kier alpha value is -5.10. The van der Waals surface area contributed by atoms with Crippen LogP contribution in [0.2, 0.25) is 0 Å². The number of rotatable bonds is 12. The lowest BCUT2D eigenvalue weighted by molar-refractivity contribution is -0.154. The van der Waals surface area contributed by atoms with E-state index in [-0.39, 0.29) is 18.8 Å². The zero-order valence-electron chi connectivity index (χ0n) is 26.1. The van der Waals surface area contributed by atoms with Crippen LogP contribution < -0.4 is 9.64 Å². The van der Waals surface area contributed by atoms with Crippen molar-refractivity contribution in [2.45, 2.75) is 40.7 Å². The Morgan fingerprint density at radius 1 is 0.773 bits per heavy atom. The Kier molecular flexibility index (Phi) is 10.4. The maximum atomic E-state index is 11.8. The lowest BCUT2D eigenvalue weighted by atomic mass is 9.95. The van der Waals surface area contributed by atoms with E-state index >= 15 is 0 Å². The number of anilines is 3. The zero-order valence-corrected chi connectivity index (χ0v) is 26.1. The maximum absolute atomic E-state index is 11.8. The summed E-state index contributed by atoms with van der Waals surface area (Å²) >= 11 is 0. The molecule has 0 aromatic heterocycles. The molecule has 0 fully saturated rings. The first kappa shape index (κ1) is 31.8. The maximum Gasteiger partial charge on any atom is 0.333 e. The second-order valence-electron chi connectivity index (χ2n) is 10.9. The number of nitrogens with zero attached hydrogens (tertiary/aromatic N) is 1. The van der Waals surface area contributed by atoms with E-state index in [4.69, 9.17) is 14.2 Å². The number of esters is 2. The molecular weight excluding hydrogens is 550 g/mol. The van der Waals surface area contributed by atoms with Gasteiger partial charge >= 0.3 is 11.9 Å². The van der Waals surface area contributed by atoms with Crippen molar-refractivity contribution in [2.75, 3.05) is 18.1 Å². The highest BCUT2D eigenvalue weighted by Crippen LogP contribution is 2.38. The van der Waals surface area contributed by atoms with E-state index in [0.717, 1.165) is 45.4 Å². The molecule has 0 aliphatic heterocycles. The summed E-state index contributed by atoms with van der Waals surface area (Å²) in [5.41, 5.74) is 10.3. The molecule has 4 aromatic rings. The van der Waals surface area contributed by atoms with Crippen molar-refractivity contribution in [1.29, 1.82) is 0 Å². The van der Waals surface area contributed by atoms with Crippen LogP contribution in [0.3, 0.4) is 0 Å². The number of carbonyl (C=O) groups excluding carboxylic acids is 2. The Balaban J connectivity index is 1.56. The van der Waals surface area contributed by atoms with Crippen LogP contribution in [0.5, 0.6) is 5.75 Å². The number of hydrogen-bond donors (Lipinski definition) is 0. The van der Waals surface area contributed by atoms with Crippen LogP contribution >= 0.6 is 0 Å². The Bertz CT molecular complexity index is 1640. The summed E-state index contributed by atoms with van der Waals surface area (Å²) in [6.07, 6.45) is 0.254. The van der Waals surface area contributed by atoms with Crippen LogP contribution in [0.4, 0.5) is 17.1 Å². The summed E-state index contributed by atoms with van der Waals surface area (Å²) in [5, 5.41) is 0. The molecule has 6 nitrogen and oxygen atoms in total. The molecular formula is C38H39NO5. The first-order valence-electron chi connectivity index (χ1n) is 14.5. The molecule has 1 unspecified atom stereocenters. The molecule has 0 saturated heterocycles. The number of hydrogen-bond acceptors (Lipinski definition) is 6. The van der Waals surface area contributed by atoms with Crippen LogP contribution in [0.1, 0.15) is 29.2 Å². The summed E-state index contributed by atoms with van der Waals surface area (Å²) in [6, 6.07) is 29.4. The third-order valence-electron chi connectivity index (χ3n) is 7.11. The monoisotopic (exact) mass is 589 g/mol. The normalized spacial score (nSPS) is 11.3. The predicted octanol–water partition coefficient (Wildman–Crippen LogP) is 8.65. The van der Waals surface area contributed by atoms with Gasteiger partial charge in [0.25, 0.3) is 0 Å². The van der Waals surface area contributed by atoms with Gasteiger partial charge in [-0.15, -0.1) is 0 Å². The van der Waals surface area contributed by atoms with Gasteiger partial charge in [-0.2, -0.15) is 0 Å². The highest BCUT2D eigenvalue weighted by Gasteiger charge is 2.19. The first-order chi connectivity index (χ1) is 21.0. The Morgan fingerprint density at radius 3 is 1.86 bits per heavy atom. The van der Waals surface area contributed by atoms with Gasteiger partial charge in [0, 0.05) is 28.7 Å². The molecule has 0 N–H and O–H groups in total. The fraction of sp³-hybridized carbons (Fsp3) is 0.211. The molecule has 0 aliphatic carbocycles. The van der Waals surface area contributed by atoms with Crippen molar-refractivity contribution in [1.82, 2.24) is 0 Å². The van der Waals surface area contributed by atoms with Crippen LogP contribution in [-0.4, -0.2) is 31.3 Å². The standard InChI is InChI=1S/C38H39NO5/c1-8-37(40)44-34(24-43-38(41)25(2)3)23-42-33-16-18-36(29(7)22-33)35-17-15-32(21-28(35)6)39(30-13-9-11-26(4)19-30)31-14-10-12-27(5)20-31/h8-22,34H,1-2,23-24H2,3-7H3. The minimum atomic E-state index is -0.802. The summed E-state index contributed by atoms with van der Waals surface area (Å²) in [5.74, 6) is -0.581. The average Bonchev–Trinajstić information content (AvgIpc) is 2.99. The van der Waals surface area contributed by atoms with E-state index in [1.807, 2.05) is 25.1 Å². The second-order valence-corrected chi connectivity index (χ2v) is 10.9. The van der Waals surface area contributed by atoms with Gasteiger partial charge in [-0.1, -0.05) is 49.6 Å². The third-order valence-corrected chi connectivity index (χ3v) is 7.11. The lowest BCUT2D eigenvalue weighted by Gasteiger charge is -2.27. The minimum Gasteiger partial charge on any atom is -0.490 e. The molecule has 0 heterocycles. The van der Waals surface area contributed by atoms with E-state index in [0.29, 0.717) is 5.75 Å². The van der Waals surface area contributed by atoms with Gasteiger partial charge in [-0.05, 0) is 117 Å². The first-order valence-corrected chi connectivity index (χ1v) is 14.5. The van der Waals surface area contributed by atoms with Gasteiger partial charge in [-0.25, -0.2) is 9.59 Å². The van der Waals surface area contributed by atoms with Gasteiger partial charge in [0.1, 0.15) is 19.0 Å². The molecule has 0 spiro atoms. The number of benzene rings is 4. The molecule has 0 bridgehead atoms. The van der Waals surface area contributed by atoms with Crippen molar-refractivity contribution in [3.63, 3.8) is 0 Å². The molecule has 1 atom stereocenters. The average molecular weight is 590 g/mol. The van der Waals surface area contributed by atoms with Crippen LogP contribution in [0.15, 0.2) is 110 Å². The van der Waals surface area contributed by atoms with Gasteiger partial charge < -0.3 is 19.1 Å². The topological polar surface area (TPSA) is 65.1 Å². The largest absolute Gasteiger partial charge is 0.490 e. The molecule has 0 saturated carbocycles. The summed E-state index contributed by atoms with van der Waals surface area (Å²) in [4.78, 5) is 25.9. The SMILES string of the molecule is C=CC(=O)OC(COC(=O)C(=C)C)COc1ccc(-c2ccc(N(c3cccc(C)c3)c3cccc(C)c3)cc2C)c(C)c1. The minimum absolute atomic E-state index is 0.00329. The second kappa shape index (κ2) is 14.4. The molecule has 0 aliphatic rings. The third kappa shape index (κ3) is 8.04. The fourth-order valence-electron chi connectivity index (χ4n) is 4.91. The molecule has 0 radical (unpaired) electrons. The molecule has 4 aromatic carbocycles. The van der Waals surface area contributed by atoms with Gasteiger partial charge in [0.05, 0.1) is 0 Å². The van der Waals surface area contributed by atoms with E-state index in [1.165, 1.54) is 11.1 Å². The zero-order chi connectivity index (χ0) is 31.8. The van der Waals surface area contributed by atoms with Crippen LogP contribution in [-0.2, 0) is 19.1 Å². The van der Waals surface area contributed by atoms with Crippen molar-refractivity contribution in [2.24, 2.45) is 0 Å². The van der Waals surface area contributed by atoms with E-state index in [1.54, 1.807) is 6.92 Å². The number of ether oxygens (including phenoxy) is 3. The van der Waals surface area contributed by atoms with Crippen molar-refractivity contribution in [3.05, 3.63) is 132 Å². The molecule has 226 valence electrons. The van der Waals surface area contributed by atoms with Crippen LogP contribution in [0, 0.1) is 27.7 Å². The molecule has 44 heavy (non-hydrogen) atoms. The fourth-order valence-corrected chi connectivity index (χ4v) is 4.91. The molecule has 6 heteroatoms. The van der Waals surface area contributed by atoms with Crippen molar-refractivity contribution >= 4 is 29.0 Å². The van der Waals surface area contributed by atoms with E-state index < -0.39 is 18.0 Å². The molecule has 4 rings (SSSR count). The van der Waals surface area contributed by atoms with E-state index in [2.05, 4.69) is 106 Å². The number of aryl methyl sites for hydroxylation is 4. The van der Waals surface area contributed by atoms with Gasteiger partial charge in [0.2, 0.25) is 0 Å². The van der Waals surface area contributed by atoms with Crippen molar-refractivity contribution < 1.29 is 23.8 Å². The van der Waals surface area contributed by atoms with Crippen LogP contribution in [0.25, 0.3) is 11.1 Å². The Morgan fingerprint density at radius 2 is 1.34 bits per heavy atom. The predicted molar refractivity (Wildman–Crippen MR) is 177 cm³/mol. The Labute approximate surface area is 260 Å². The summed E-state index contributed by atoms with van der Waals surface area (Å²) < 4.78 is 16.4. The van der Waals surface area contributed by atoms with Gasteiger partial charge in [-0.3, -0.25) is 0 Å². The van der Waals surface area contributed by atoms with Crippen molar-refractivity contribution in [3.8, 4) is 16.9 Å². The summed E-state index contributed by atoms with van der Waals surface area (Å²) in [7, 11) is 0. The quantitative estimate of drug-likeness (QED) is 0.122. The van der Waals surface area contributed by atoms with Gasteiger partial charge in [0.15, 0.2) is 6.10 Å². The highest BCUT2D eigenvalue weighted by atomic mass is 16.6.